The normalized spacial score (nSPS) is 11.7. The lowest BCUT2D eigenvalue weighted by atomic mass is 10.1. The van der Waals surface area contributed by atoms with Crippen molar-refractivity contribution in [3.05, 3.63) is 36.0 Å². The highest BCUT2D eigenvalue weighted by Crippen LogP contribution is 2.18. The molecule has 0 spiro atoms. The van der Waals surface area contributed by atoms with E-state index in [0.717, 1.165) is 16.5 Å². The molecule has 1 aromatic carbocycles. The summed E-state index contributed by atoms with van der Waals surface area (Å²) >= 11 is 0. The molecule has 0 radical (unpaired) electrons. The molecule has 4 nitrogen and oxygen atoms in total. The second kappa shape index (κ2) is 6.81. The van der Waals surface area contributed by atoms with Gasteiger partial charge in [0, 0.05) is 23.5 Å². The van der Waals surface area contributed by atoms with Gasteiger partial charge < -0.3 is 15.8 Å². The van der Waals surface area contributed by atoms with Crippen LogP contribution in [-0.2, 0) is 11.2 Å². The first-order valence-electron chi connectivity index (χ1n) is 6.13. The smallest absolute Gasteiger partial charge is 0.320 e. The van der Waals surface area contributed by atoms with Crippen molar-refractivity contribution >= 4 is 16.9 Å². The Morgan fingerprint density at radius 3 is 2.61 bits per heavy atom. The molecule has 0 amide bonds. The van der Waals surface area contributed by atoms with Gasteiger partial charge in [-0.2, -0.15) is 0 Å². The summed E-state index contributed by atoms with van der Waals surface area (Å²) < 4.78 is 0. The molecule has 2 aromatic rings. The Kier molecular flexibility index (Phi) is 5.39. The number of carbonyl (C=O) groups is 1. The highest BCUT2D eigenvalue weighted by atomic mass is 16.4. The number of aromatic amines is 1. The summed E-state index contributed by atoms with van der Waals surface area (Å²) in [6, 6.07) is 6.91. The average molecular weight is 248 g/mol. The zero-order valence-corrected chi connectivity index (χ0v) is 10.8. The van der Waals surface area contributed by atoms with E-state index in [4.69, 9.17) is 10.8 Å². The molecular formula is C14H20N2O2. The standard InChI is InChI=1S/C11H12N2O2.C3H8/c12-9(11(14)15)5-7-6-13-10-4-2-1-3-8(7)10;1-3-2/h1-4,6,9,13H,5,12H2,(H,14,15);3H2,1-2H3. The largest absolute Gasteiger partial charge is 0.480 e. The van der Waals surface area contributed by atoms with Gasteiger partial charge in [0.1, 0.15) is 6.04 Å². The van der Waals surface area contributed by atoms with Crippen LogP contribution < -0.4 is 5.73 Å². The maximum Gasteiger partial charge on any atom is 0.320 e. The number of nitrogens with one attached hydrogen (secondary N) is 1. The molecule has 1 unspecified atom stereocenters. The molecule has 0 saturated heterocycles. The second-order valence-corrected chi connectivity index (χ2v) is 4.22. The molecular weight excluding hydrogens is 228 g/mol. The summed E-state index contributed by atoms with van der Waals surface area (Å²) in [4.78, 5) is 13.7. The number of hydrogen-bond donors (Lipinski definition) is 3. The molecule has 0 aliphatic carbocycles. The summed E-state index contributed by atoms with van der Waals surface area (Å²) in [5.41, 5.74) is 7.43. The van der Waals surface area contributed by atoms with Gasteiger partial charge in [-0.3, -0.25) is 4.79 Å². The Balaban J connectivity index is 0.000000492. The molecule has 0 aliphatic heterocycles. The molecule has 0 aliphatic rings. The number of carboxylic acid groups (broad SMARTS) is 1. The highest BCUT2D eigenvalue weighted by molar-refractivity contribution is 5.84. The molecule has 2 rings (SSSR count). The SMILES string of the molecule is CCC.NC(Cc1c[nH]c2ccccc12)C(=O)O. The van der Waals surface area contributed by atoms with Crippen LogP contribution in [0.5, 0.6) is 0 Å². The molecule has 0 saturated carbocycles. The van der Waals surface area contributed by atoms with Gasteiger partial charge in [0.25, 0.3) is 0 Å². The van der Waals surface area contributed by atoms with Gasteiger partial charge in [-0.1, -0.05) is 38.5 Å². The molecule has 0 fully saturated rings. The zero-order valence-electron chi connectivity index (χ0n) is 10.8. The fraction of sp³-hybridized carbons (Fsp3) is 0.357. The number of H-pyrrole nitrogens is 1. The minimum absolute atomic E-state index is 0.347. The number of rotatable bonds is 3. The van der Waals surface area contributed by atoms with Crippen LogP contribution in [-0.4, -0.2) is 22.1 Å². The fourth-order valence-electron chi connectivity index (χ4n) is 1.62. The van der Waals surface area contributed by atoms with Gasteiger partial charge in [0.2, 0.25) is 0 Å². The molecule has 4 N–H and O–H groups in total. The van der Waals surface area contributed by atoms with Crippen LogP contribution in [0.1, 0.15) is 25.8 Å². The average Bonchev–Trinajstić information content (AvgIpc) is 2.74. The lowest BCUT2D eigenvalue weighted by molar-refractivity contribution is -0.138. The van der Waals surface area contributed by atoms with E-state index in [1.54, 1.807) is 0 Å². The van der Waals surface area contributed by atoms with Crippen LogP contribution in [0.15, 0.2) is 30.5 Å². The maximum atomic E-state index is 10.6. The highest BCUT2D eigenvalue weighted by Gasteiger charge is 2.14. The number of aromatic nitrogens is 1. The van der Waals surface area contributed by atoms with E-state index in [2.05, 4.69) is 18.8 Å². The van der Waals surface area contributed by atoms with Gasteiger partial charge in [0.05, 0.1) is 0 Å². The van der Waals surface area contributed by atoms with Crippen molar-refractivity contribution in [1.82, 2.24) is 4.98 Å². The van der Waals surface area contributed by atoms with E-state index in [9.17, 15) is 4.79 Å². The minimum atomic E-state index is -0.972. The maximum absolute atomic E-state index is 10.6. The van der Waals surface area contributed by atoms with Crippen molar-refractivity contribution in [2.45, 2.75) is 32.7 Å². The molecule has 0 bridgehead atoms. The lowest BCUT2D eigenvalue weighted by Gasteiger charge is -2.04. The van der Waals surface area contributed by atoms with Crippen molar-refractivity contribution in [2.75, 3.05) is 0 Å². The Hall–Kier alpha value is -1.81. The zero-order chi connectivity index (χ0) is 13.5. The Bertz CT molecular complexity index is 505. The minimum Gasteiger partial charge on any atom is -0.480 e. The van der Waals surface area contributed by atoms with Gasteiger partial charge in [0.15, 0.2) is 0 Å². The Morgan fingerprint density at radius 1 is 1.39 bits per heavy atom. The van der Waals surface area contributed by atoms with E-state index in [1.807, 2.05) is 30.5 Å². The number of hydrogen-bond acceptors (Lipinski definition) is 2. The van der Waals surface area contributed by atoms with Crippen LogP contribution in [0.4, 0.5) is 0 Å². The first kappa shape index (κ1) is 14.3. The van der Waals surface area contributed by atoms with E-state index in [-0.39, 0.29) is 0 Å². The van der Waals surface area contributed by atoms with E-state index < -0.39 is 12.0 Å². The number of aliphatic carboxylic acids is 1. The third kappa shape index (κ3) is 3.60. The third-order valence-corrected chi connectivity index (χ3v) is 2.43. The Labute approximate surface area is 107 Å². The van der Waals surface area contributed by atoms with Gasteiger partial charge in [-0.15, -0.1) is 0 Å². The van der Waals surface area contributed by atoms with E-state index in [1.165, 1.54) is 6.42 Å². The summed E-state index contributed by atoms with van der Waals surface area (Å²) in [5, 5.41) is 9.75. The monoisotopic (exact) mass is 248 g/mol. The lowest BCUT2D eigenvalue weighted by Crippen LogP contribution is -2.32. The van der Waals surface area contributed by atoms with Crippen molar-refractivity contribution in [3.63, 3.8) is 0 Å². The number of nitrogens with two attached hydrogens (primary N) is 1. The van der Waals surface area contributed by atoms with E-state index in [0.29, 0.717) is 6.42 Å². The fourth-order valence-corrected chi connectivity index (χ4v) is 1.62. The van der Waals surface area contributed by atoms with Crippen LogP contribution in [0.2, 0.25) is 0 Å². The quantitative estimate of drug-likeness (QED) is 0.781. The first-order chi connectivity index (χ1) is 8.60. The van der Waals surface area contributed by atoms with Crippen LogP contribution in [0, 0.1) is 0 Å². The summed E-state index contributed by atoms with van der Waals surface area (Å²) in [7, 11) is 0. The summed E-state index contributed by atoms with van der Waals surface area (Å²) in [6.45, 7) is 4.25. The van der Waals surface area contributed by atoms with E-state index >= 15 is 0 Å². The van der Waals surface area contributed by atoms with Crippen molar-refractivity contribution < 1.29 is 9.90 Å². The van der Waals surface area contributed by atoms with Gasteiger partial charge >= 0.3 is 5.97 Å². The first-order valence-corrected chi connectivity index (χ1v) is 6.13. The van der Waals surface area contributed by atoms with Crippen LogP contribution in [0.3, 0.4) is 0 Å². The topological polar surface area (TPSA) is 79.1 Å². The van der Waals surface area contributed by atoms with Gasteiger partial charge in [-0.05, 0) is 11.6 Å². The van der Waals surface area contributed by atoms with Crippen LogP contribution >= 0.6 is 0 Å². The third-order valence-electron chi connectivity index (χ3n) is 2.43. The number of carboxylic acids is 1. The van der Waals surface area contributed by atoms with Crippen LogP contribution in [0.25, 0.3) is 10.9 Å². The second-order valence-electron chi connectivity index (χ2n) is 4.22. The van der Waals surface area contributed by atoms with Crippen molar-refractivity contribution in [2.24, 2.45) is 5.73 Å². The molecule has 1 atom stereocenters. The number of fused-ring (bicyclic) bond motifs is 1. The summed E-state index contributed by atoms with van der Waals surface area (Å²) in [5.74, 6) is -0.972. The molecule has 4 heteroatoms. The van der Waals surface area contributed by atoms with Gasteiger partial charge in [-0.25, -0.2) is 0 Å². The number of para-hydroxylation sites is 1. The predicted molar refractivity (Wildman–Crippen MR) is 73.6 cm³/mol. The Morgan fingerprint density at radius 2 is 2.00 bits per heavy atom. The van der Waals surface area contributed by atoms with Crippen molar-refractivity contribution in [1.29, 1.82) is 0 Å². The predicted octanol–water partition coefficient (Wildman–Crippen LogP) is 2.54. The molecule has 1 heterocycles. The summed E-state index contributed by atoms with van der Waals surface area (Å²) in [6.07, 6.45) is 3.41. The molecule has 98 valence electrons. The number of benzene rings is 1. The molecule has 18 heavy (non-hydrogen) atoms. The van der Waals surface area contributed by atoms with Crippen molar-refractivity contribution in [3.8, 4) is 0 Å². The molecule has 1 aromatic heterocycles.